The number of hydrogen-bond acceptors (Lipinski definition) is 2. The molecule has 0 atom stereocenters. The zero-order valence-electron chi connectivity index (χ0n) is 7.62. The fourth-order valence-electron chi connectivity index (χ4n) is 0.629. The van der Waals surface area contributed by atoms with E-state index in [9.17, 15) is 4.39 Å². The molecule has 0 radical (unpaired) electrons. The molecule has 0 spiro atoms. The topological polar surface area (TPSA) is 87.2 Å². The summed E-state index contributed by atoms with van der Waals surface area (Å²) in [5.41, 5.74) is 5.67. The quantitative estimate of drug-likeness (QED) is 0.468. The third kappa shape index (κ3) is 5.70. The van der Waals surface area contributed by atoms with Crippen molar-refractivity contribution in [3.63, 3.8) is 0 Å². The van der Waals surface area contributed by atoms with Crippen LogP contribution < -0.4 is 5.73 Å². The first-order valence-electron chi connectivity index (χ1n) is 3.73. The highest BCUT2D eigenvalue weighted by molar-refractivity contribution is 5.94. The van der Waals surface area contributed by atoms with Crippen molar-refractivity contribution in [3.05, 3.63) is 35.6 Å². The lowest BCUT2D eigenvalue weighted by molar-refractivity contribution is -0.134. The number of rotatable bonds is 1. The average Bonchev–Trinajstić information content (AvgIpc) is 2.03. The third-order valence-electron chi connectivity index (χ3n) is 1.16. The molecule has 0 bridgehead atoms. The van der Waals surface area contributed by atoms with Gasteiger partial charge in [0.15, 0.2) is 0 Å². The number of hydrogen-bond donors (Lipinski definition) is 3. The molecule has 0 saturated heterocycles. The Morgan fingerprint density at radius 2 is 1.79 bits per heavy atom. The number of carboxylic acid groups (broad SMARTS) is 1. The van der Waals surface area contributed by atoms with Crippen LogP contribution in [0.4, 0.5) is 4.39 Å². The molecule has 0 heterocycles. The van der Waals surface area contributed by atoms with Crippen molar-refractivity contribution >= 4 is 11.8 Å². The van der Waals surface area contributed by atoms with Crippen molar-refractivity contribution in [2.75, 3.05) is 0 Å². The van der Waals surface area contributed by atoms with Crippen molar-refractivity contribution in [1.82, 2.24) is 0 Å². The number of amidine groups is 1. The van der Waals surface area contributed by atoms with Gasteiger partial charge in [-0.25, -0.2) is 4.39 Å². The number of carbonyl (C=O) groups is 1. The normalized spacial score (nSPS) is 8.43. The van der Waals surface area contributed by atoms with Gasteiger partial charge in [0, 0.05) is 12.5 Å². The van der Waals surface area contributed by atoms with Gasteiger partial charge in [0.1, 0.15) is 11.7 Å². The van der Waals surface area contributed by atoms with E-state index in [0.29, 0.717) is 5.56 Å². The van der Waals surface area contributed by atoms with Crippen LogP contribution in [0.1, 0.15) is 12.5 Å². The van der Waals surface area contributed by atoms with Crippen LogP contribution in [-0.4, -0.2) is 16.9 Å². The van der Waals surface area contributed by atoms with Crippen molar-refractivity contribution in [3.8, 4) is 0 Å². The van der Waals surface area contributed by atoms with Crippen molar-refractivity contribution in [1.29, 1.82) is 5.41 Å². The van der Waals surface area contributed by atoms with Gasteiger partial charge in [-0.2, -0.15) is 0 Å². The maximum atomic E-state index is 12.2. The lowest BCUT2D eigenvalue weighted by atomic mass is 10.2. The first kappa shape index (κ1) is 12.1. The molecule has 5 heteroatoms. The van der Waals surface area contributed by atoms with E-state index in [4.69, 9.17) is 21.0 Å². The van der Waals surface area contributed by atoms with Gasteiger partial charge < -0.3 is 10.8 Å². The first-order chi connectivity index (χ1) is 6.43. The number of nitrogen functional groups attached to an aromatic ring is 1. The summed E-state index contributed by atoms with van der Waals surface area (Å²) < 4.78 is 12.2. The van der Waals surface area contributed by atoms with Gasteiger partial charge in [0.05, 0.1) is 0 Å². The predicted molar refractivity (Wildman–Crippen MR) is 50.7 cm³/mol. The fraction of sp³-hybridized carbons (Fsp3) is 0.111. The van der Waals surface area contributed by atoms with Crippen LogP contribution in [0.15, 0.2) is 24.3 Å². The molecule has 4 nitrogen and oxygen atoms in total. The van der Waals surface area contributed by atoms with E-state index >= 15 is 0 Å². The third-order valence-corrected chi connectivity index (χ3v) is 1.16. The standard InChI is InChI=1S/C7H7FN2.C2H4O2/c8-6-3-1-5(2-4-6)7(9)10;1-2(3)4/h1-4H,(H3,9,10);1H3,(H,3,4). The molecule has 0 aliphatic carbocycles. The first-order valence-corrected chi connectivity index (χ1v) is 3.73. The maximum absolute atomic E-state index is 12.2. The summed E-state index contributed by atoms with van der Waals surface area (Å²) in [6.45, 7) is 1.08. The Morgan fingerprint density at radius 1 is 1.43 bits per heavy atom. The molecule has 0 aliphatic rings. The summed E-state index contributed by atoms with van der Waals surface area (Å²) in [6, 6.07) is 5.49. The van der Waals surface area contributed by atoms with Crippen LogP contribution in [0.25, 0.3) is 0 Å². The molecular weight excluding hydrogens is 187 g/mol. The maximum Gasteiger partial charge on any atom is 0.300 e. The van der Waals surface area contributed by atoms with Gasteiger partial charge in [-0.05, 0) is 24.3 Å². The highest BCUT2D eigenvalue weighted by atomic mass is 19.1. The molecule has 4 N–H and O–H groups in total. The lowest BCUT2D eigenvalue weighted by Gasteiger charge is -1.94. The van der Waals surface area contributed by atoms with Crippen LogP contribution in [0.5, 0.6) is 0 Å². The van der Waals surface area contributed by atoms with Crippen LogP contribution >= 0.6 is 0 Å². The van der Waals surface area contributed by atoms with Crippen LogP contribution in [0.2, 0.25) is 0 Å². The Bertz CT molecular complexity index is 318. The number of aliphatic carboxylic acids is 1. The second-order valence-electron chi connectivity index (χ2n) is 2.44. The summed E-state index contributed by atoms with van der Waals surface area (Å²) >= 11 is 0. The van der Waals surface area contributed by atoms with Gasteiger partial charge >= 0.3 is 0 Å². The molecule has 76 valence electrons. The molecule has 0 unspecified atom stereocenters. The van der Waals surface area contributed by atoms with Crippen molar-refractivity contribution < 1.29 is 14.3 Å². The molecule has 1 rings (SSSR count). The Labute approximate surface area is 80.7 Å². The SMILES string of the molecule is CC(=O)O.N=C(N)c1ccc(F)cc1. The number of halogens is 1. The van der Waals surface area contributed by atoms with Gasteiger partial charge in [0.25, 0.3) is 5.97 Å². The zero-order valence-corrected chi connectivity index (χ0v) is 7.62. The van der Waals surface area contributed by atoms with Crippen LogP contribution in [-0.2, 0) is 4.79 Å². The van der Waals surface area contributed by atoms with E-state index in [1.165, 1.54) is 24.3 Å². The minimum absolute atomic E-state index is 0.0417. The molecule has 0 aromatic heterocycles. The molecule has 1 aromatic carbocycles. The van der Waals surface area contributed by atoms with E-state index < -0.39 is 5.97 Å². The lowest BCUT2D eigenvalue weighted by Crippen LogP contribution is -2.10. The van der Waals surface area contributed by atoms with E-state index in [1.54, 1.807) is 0 Å². The molecular formula is C9H11FN2O2. The van der Waals surface area contributed by atoms with E-state index in [1.807, 2.05) is 0 Å². The van der Waals surface area contributed by atoms with Gasteiger partial charge in [-0.1, -0.05) is 0 Å². The zero-order chi connectivity index (χ0) is 11.1. The van der Waals surface area contributed by atoms with Gasteiger partial charge in [-0.3, -0.25) is 10.2 Å². The molecule has 0 amide bonds. The second-order valence-corrected chi connectivity index (χ2v) is 2.44. The monoisotopic (exact) mass is 198 g/mol. The number of nitrogens with one attached hydrogen (secondary N) is 1. The summed E-state index contributed by atoms with van der Waals surface area (Å²) in [4.78, 5) is 9.00. The summed E-state index contributed by atoms with van der Waals surface area (Å²) in [5.74, 6) is -1.19. The fourth-order valence-corrected chi connectivity index (χ4v) is 0.629. The molecule has 0 saturated carbocycles. The Hall–Kier alpha value is -1.91. The summed E-state index contributed by atoms with van der Waals surface area (Å²) in [7, 11) is 0. The Kier molecular flexibility index (Phi) is 4.91. The summed E-state index contributed by atoms with van der Waals surface area (Å²) in [6.07, 6.45) is 0. The highest BCUT2D eigenvalue weighted by Crippen LogP contribution is 2.00. The van der Waals surface area contributed by atoms with Crippen LogP contribution in [0.3, 0.4) is 0 Å². The van der Waals surface area contributed by atoms with Crippen molar-refractivity contribution in [2.45, 2.75) is 6.92 Å². The largest absolute Gasteiger partial charge is 0.481 e. The molecule has 0 aliphatic heterocycles. The minimum atomic E-state index is -0.833. The van der Waals surface area contributed by atoms with E-state index in [0.717, 1.165) is 6.92 Å². The Balaban J connectivity index is 0.000000364. The molecule has 0 fully saturated rings. The number of nitrogens with two attached hydrogens (primary N) is 1. The average molecular weight is 198 g/mol. The highest BCUT2D eigenvalue weighted by Gasteiger charge is 1.93. The van der Waals surface area contributed by atoms with Gasteiger partial charge in [0.2, 0.25) is 0 Å². The Morgan fingerprint density at radius 3 is 2.07 bits per heavy atom. The predicted octanol–water partition coefficient (Wildman–Crippen LogP) is 1.20. The van der Waals surface area contributed by atoms with Crippen molar-refractivity contribution in [2.24, 2.45) is 5.73 Å². The van der Waals surface area contributed by atoms with E-state index in [2.05, 4.69) is 0 Å². The van der Waals surface area contributed by atoms with Crippen LogP contribution in [0, 0.1) is 11.2 Å². The number of benzene rings is 1. The minimum Gasteiger partial charge on any atom is -0.481 e. The molecule has 1 aromatic rings. The smallest absolute Gasteiger partial charge is 0.300 e. The van der Waals surface area contributed by atoms with Gasteiger partial charge in [-0.15, -0.1) is 0 Å². The summed E-state index contributed by atoms with van der Waals surface area (Å²) in [5, 5.41) is 14.4. The van der Waals surface area contributed by atoms with E-state index in [-0.39, 0.29) is 11.7 Å². The molecule has 14 heavy (non-hydrogen) atoms. The number of carboxylic acids is 1. The second kappa shape index (κ2) is 5.69.